The third-order valence-electron chi connectivity index (χ3n) is 3.56. The molecule has 25 heavy (non-hydrogen) atoms. The van der Waals surface area contributed by atoms with Crippen LogP contribution in [0.25, 0.3) is 0 Å². The van der Waals surface area contributed by atoms with E-state index in [1.165, 1.54) is 12.1 Å². The molecule has 0 radical (unpaired) electrons. The Balaban J connectivity index is 1.86. The van der Waals surface area contributed by atoms with Crippen LogP contribution in [-0.4, -0.2) is 42.8 Å². The summed E-state index contributed by atoms with van der Waals surface area (Å²) in [6, 6.07) is 7.91. The summed E-state index contributed by atoms with van der Waals surface area (Å²) in [7, 11) is 1.94. The number of ether oxygens (including phenoxy) is 1. The average molecular weight is 348 g/mol. The number of guanidine groups is 1. The number of nitrogens with one attached hydrogen (secondary N) is 1. The zero-order valence-corrected chi connectivity index (χ0v) is 15.0. The van der Waals surface area contributed by atoms with Gasteiger partial charge in [0, 0.05) is 19.7 Å². The van der Waals surface area contributed by atoms with Crippen LogP contribution in [0.4, 0.5) is 4.39 Å². The first kappa shape index (κ1) is 18.8. The SMILES string of the molecule is CCNC(=NCc1cc(CC)no1)N(C)CCOc1ccc(F)cc1. The number of likely N-dealkylation sites (N-methyl/N-ethyl adjacent to an activating group) is 1. The Bertz CT molecular complexity index is 670. The zero-order chi connectivity index (χ0) is 18.1. The van der Waals surface area contributed by atoms with Gasteiger partial charge in [-0.2, -0.15) is 0 Å². The second-order valence-electron chi connectivity index (χ2n) is 5.53. The topological polar surface area (TPSA) is 62.9 Å². The first-order valence-electron chi connectivity index (χ1n) is 8.44. The van der Waals surface area contributed by atoms with Gasteiger partial charge in [-0.3, -0.25) is 0 Å². The molecule has 7 heteroatoms. The number of halogens is 1. The Hall–Kier alpha value is -2.57. The molecule has 0 saturated heterocycles. The minimum Gasteiger partial charge on any atom is -0.492 e. The number of hydrogen-bond donors (Lipinski definition) is 1. The van der Waals surface area contributed by atoms with Crippen molar-refractivity contribution in [1.82, 2.24) is 15.4 Å². The number of aliphatic imine (C=N–C) groups is 1. The van der Waals surface area contributed by atoms with Crippen LogP contribution in [0.1, 0.15) is 25.3 Å². The Labute approximate surface area is 147 Å². The summed E-state index contributed by atoms with van der Waals surface area (Å²) in [5, 5.41) is 7.21. The van der Waals surface area contributed by atoms with Gasteiger partial charge in [-0.25, -0.2) is 9.38 Å². The van der Waals surface area contributed by atoms with Gasteiger partial charge < -0.3 is 19.5 Å². The third kappa shape index (κ3) is 6.10. The van der Waals surface area contributed by atoms with Gasteiger partial charge in [-0.05, 0) is 37.6 Å². The number of nitrogens with zero attached hydrogens (tertiary/aromatic N) is 3. The highest BCUT2D eigenvalue weighted by atomic mass is 19.1. The molecule has 0 amide bonds. The van der Waals surface area contributed by atoms with Crippen molar-refractivity contribution in [3.8, 4) is 5.75 Å². The molecule has 0 fully saturated rings. The van der Waals surface area contributed by atoms with Crippen molar-refractivity contribution in [2.75, 3.05) is 26.7 Å². The maximum atomic E-state index is 12.9. The van der Waals surface area contributed by atoms with Crippen LogP contribution in [0, 0.1) is 5.82 Å². The van der Waals surface area contributed by atoms with Crippen molar-refractivity contribution >= 4 is 5.96 Å². The largest absolute Gasteiger partial charge is 0.492 e. The molecule has 0 aliphatic carbocycles. The summed E-state index contributed by atoms with van der Waals surface area (Å²) >= 11 is 0. The Morgan fingerprint density at radius 3 is 2.72 bits per heavy atom. The number of rotatable bonds is 8. The highest BCUT2D eigenvalue weighted by Crippen LogP contribution is 2.11. The van der Waals surface area contributed by atoms with E-state index >= 15 is 0 Å². The van der Waals surface area contributed by atoms with Gasteiger partial charge in [0.05, 0.1) is 12.2 Å². The molecule has 0 aliphatic heterocycles. The molecule has 1 aromatic carbocycles. The van der Waals surface area contributed by atoms with E-state index < -0.39 is 0 Å². The van der Waals surface area contributed by atoms with Crippen molar-refractivity contribution in [3.63, 3.8) is 0 Å². The van der Waals surface area contributed by atoms with Crippen molar-refractivity contribution in [3.05, 3.63) is 47.6 Å². The fraction of sp³-hybridized carbons (Fsp3) is 0.444. The lowest BCUT2D eigenvalue weighted by atomic mass is 10.3. The lowest BCUT2D eigenvalue weighted by molar-refractivity contribution is 0.281. The molecule has 1 N–H and O–H groups in total. The normalized spacial score (nSPS) is 11.4. The molecule has 2 aromatic rings. The monoisotopic (exact) mass is 348 g/mol. The van der Waals surface area contributed by atoms with E-state index in [0.717, 1.165) is 30.4 Å². The van der Waals surface area contributed by atoms with E-state index in [9.17, 15) is 4.39 Å². The van der Waals surface area contributed by atoms with E-state index in [-0.39, 0.29) is 5.82 Å². The summed E-state index contributed by atoms with van der Waals surface area (Å²) in [5.74, 6) is 1.87. The second-order valence-corrected chi connectivity index (χ2v) is 5.53. The van der Waals surface area contributed by atoms with Gasteiger partial charge >= 0.3 is 0 Å². The molecule has 6 nitrogen and oxygen atoms in total. The van der Waals surface area contributed by atoms with Gasteiger partial charge in [0.2, 0.25) is 0 Å². The molecule has 0 aliphatic rings. The van der Waals surface area contributed by atoms with Crippen LogP contribution >= 0.6 is 0 Å². The summed E-state index contributed by atoms with van der Waals surface area (Å²) in [6.45, 7) is 6.34. The zero-order valence-electron chi connectivity index (χ0n) is 15.0. The predicted octanol–water partition coefficient (Wildman–Crippen LogP) is 2.85. The van der Waals surface area contributed by atoms with Crippen LogP contribution in [0.3, 0.4) is 0 Å². The second kappa shape index (κ2) is 9.66. The summed E-state index contributed by atoms with van der Waals surface area (Å²) < 4.78 is 23.8. The quantitative estimate of drug-likeness (QED) is 0.587. The number of benzene rings is 1. The smallest absolute Gasteiger partial charge is 0.194 e. The average Bonchev–Trinajstić information content (AvgIpc) is 3.08. The molecular formula is C18H25FN4O2. The van der Waals surface area contributed by atoms with Gasteiger partial charge in [-0.15, -0.1) is 0 Å². The Morgan fingerprint density at radius 1 is 1.32 bits per heavy atom. The minimum absolute atomic E-state index is 0.273. The molecule has 0 unspecified atom stereocenters. The van der Waals surface area contributed by atoms with E-state index in [1.54, 1.807) is 12.1 Å². The van der Waals surface area contributed by atoms with Crippen LogP contribution in [-0.2, 0) is 13.0 Å². The number of hydrogen-bond acceptors (Lipinski definition) is 4. The molecule has 1 heterocycles. The lowest BCUT2D eigenvalue weighted by Crippen LogP contribution is -2.40. The fourth-order valence-electron chi connectivity index (χ4n) is 2.16. The van der Waals surface area contributed by atoms with Crippen molar-refractivity contribution in [2.24, 2.45) is 4.99 Å². The highest BCUT2D eigenvalue weighted by molar-refractivity contribution is 5.79. The molecule has 0 bridgehead atoms. The first-order chi connectivity index (χ1) is 12.1. The molecule has 0 saturated carbocycles. The number of aryl methyl sites for hydroxylation is 1. The van der Waals surface area contributed by atoms with Crippen LogP contribution < -0.4 is 10.1 Å². The Kier molecular flexibility index (Phi) is 7.25. The van der Waals surface area contributed by atoms with E-state index in [0.29, 0.717) is 25.4 Å². The predicted molar refractivity (Wildman–Crippen MR) is 95.2 cm³/mol. The maximum absolute atomic E-state index is 12.9. The van der Waals surface area contributed by atoms with Crippen molar-refractivity contribution in [1.29, 1.82) is 0 Å². The first-order valence-corrected chi connectivity index (χ1v) is 8.44. The fourth-order valence-corrected chi connectivity index (χ4v) is 2.16. The minimum atomic E-state index is -0.273. The van der Waals surface area contributed by atoms with Crippen molar-refractivity contribution < 1.29 is 13.7 Å². The Morgan fingerprint density at radius 2 is 2.08 bits per heavy atom. The summed E-state index contributed by atoms with van der Waals surface area (Å²) in [5.41, 5.74) is 0.927. The maximum Gasteiger partial charge on any atom is 0.194 e. The molecule has 0 atom stereocenters. The molecule has 1 aromatic heterocycles. The lowest BCUT2D eigenvalue weighted by Gasteiger charge is -2.22. The van der Waals surface area contributed by atoms with Crippen LogP contribution in [0.15, 0.2) is 39.8 Å². The van der Waals surface area contributed by atoms with Gasteiger partial charge in [0.1, 0.15) is 24.7 Å². The van der Waals surface area contributed by atoms with Crippen LogP contribution in [0.5, 0.6) is 5.75 Å². The van der Waals surface area contributed by atoms with Crippen LogP contribution in [0.2, 0.25) is 0 Å². The van der Waals surface area contributed by atoms with E-state index in [2.05, 4.69) is 15.5 Å². The van der Waals surface area contributed by atoms with Gasteiger partial charge in [0.25, 0.3) is 0 Å². The number of aromatic nitrogens is 1. The summed E-state index contributed by atoms with van der Waals surface area (Å²) in [6.07, 6.45) is 0.841. The third-order valence-corrected chi connectivity index (χ3v) is 3.56. The molecule has 136 valence electrons. The van der Waals surface area contributed by atoms with E-state index in [1.807, 2.05) is 31.9 Å². The molecule has 0 spiro atoms. The molecular weight excluding hydrogens is 323 g/mol. The highest BCUT2D eigenvalue weighted by Gasteiger charge is 2.08. The molecule has 2 rings (SSSR count). The van der Waals surface area contributed by atoms with E-state index in [4.69, 9.17) is 9.26 Å². The van der Waals surface area contributed by atoms with Gasteiger partial charge in [0.15, 0.2) is 11.7 Å². The standard InChI is InChI=1S/C18H25FN4O2/c1-4-15-12-17(25-22-15)13-21-18(20-5-2)23(3)10-11-24-16-8-6-14(19)7-9-16/h6-9,12H,4-5,10-11,13H2,1-3H3,(H,20,21). The van der Waals surface area contributed by atoms with Gasteiger partial charge in [-0.1, -0.05) is 12.1 Å². The summed E-state index contributed by atoms with van der Waals surface area (Å²) in [4.78, 5) is 6.54. The van der Waals surface area contributed by atoms with Crippen molar-refractivity contribution in [2.45, 2.75) is 26.8 Å².